The van der Waals surface area contributed by atoms with Gasteiger partial charge in [-0.3, -0.25) is 4.94 Å². The average Bonchev–Trinajstić information content (AvgIpc) is 2.50. The first-order valence-corrected chi connectivity index (χ1v) is 6.21. The Kier molecular flexibility index (Phi) is 6.94. The number of aromatic nitrogens is 1. The molecule has 0 spiro atoms. The Hall–Kier alpha value is -1.49. The Morgan fingerprint density at radius 2 is 2.00 bits per heavy atom. The number of aliphatic hydroxyl groups excluding tert-OH is 3. The summed E-state index contributed by atoms with van der Waals surface area (Å²) < 4.78 is 51.9. The summed E-state index contributed by atoms with van der Waals surface area (Å²) in [6, 6.07) is 2.71. The number of hydrogen-bond donors (Lipinski definition) is 3. The molecule has 0 aliphatic carbocycles. The molecular formula is C12H15F4NO5. The topological polar surface area (TPSA) is 92.0 Å². The van der Waals surface area contributed by atoms with Gasteiger partial charge in [0.1, 0.15) is 17.9 Å². The van der Waals surface area contributed by atoms with Gasteiger partial charge in [0.05, 0.1) is 12.7 Å². The van der Waals surface area contributed by atoms with Gasteiger partial charge >= 0.3 is 6.18 Å². The highest BCUT2D eigenvalue weighted by atomic mass is 19.4. The molecule has 0 saturated carbocycles. The monoisotopic (exact) mass is 329 g/mol. The largest absolute Gasteiger partial charge is 0.433 e. The SMILES string of the molecule is FOc1cccc(C(F)(F)F)n1.OCC1OCCC(O)C1O. The zero-order valence-electron chi connectivity index (χ0n) is 11.2. The van der Waals surface area contributed by atoms with E-state index in [4.69, 9.17) is 20.1 Å². The van der Waals surface area contributed by atoms with Crippen LogP contribution in [-0.2, 0) is 10.9 Å². The molecule has 1 aliphatic heterocycles. The molecule has 1 aromatic heterocycles. The normalized spacial score (nSPS) is 25.1. The molecule has 0 radical (unpaired) electrons. The van der Waals surface area contributed by atoms with Crippen LogP contribution in [0.1, 0.15) is 12.1 Å². The lowest BCUT2D eigenvalue weighted by Crippen LogP contribution is -2.46. The molecule has 0 amide bonds. The highest BCUT2D eigenvalue weighted by Crippen LogP contribution is 2.28. The van der Waals surface area contributed by atoms with E-state index in [1.807, 2.05) is 0 Å². The molecule has 3 N–H and O–H groups in total. The number of ether oxygens (including phenoxy) is 1. The maximum Gasteiger partial charge on any atom is 0.433 e. The fourth-order valence-electron chi connectivity index (χ4n) is 1.63. The molecule has 1 saturated heterocycles. The van der Waals surface area contributed by atoms with Crippen LogP contribution in [0, 0.1) is 0 Å². The van der Waals surface area contributed by atoms with Crippen molar-refractivity contribution in [3.05, 3.63) is 23.9 Å². The molecule has 1 fully saturated rings. The van der Waals surface area contributed by atoms with Crippen molar-refractivity contribution in [2.45, 2.75) is 30.9 Å². The van der Waals surface area contributed by atoms with E-state index in [1.165, 1.54) is 0 Å². The molecule has 3 unspecified atom stereocenters. The first-order valence-electron chi connectivity index (χ1n) is 6.21. The first kappa shape index (κ1) is 18.6. The smallest absolute Gasteiger partial charge is 0.394 e. The molecule has 22 heavy (non-hydrogen) atoms. The maximum absolute atomic E-state index is 11.9. The van der Waals surface area contributed by atoms with Crippen molar-refractivity contribution in [1.82, 2.24) is 4.98 Å². The summed E-state index contributed by atoms with van der Waals surface area (Å²) in [4.78, 5) is 5.88. The van der Waals surface area contributed by atoms with Crippen LogP contribution in [0.2, 0.25) is 0 Å². The predicted octanol–water partition coefficient (Wildman–Crippen LogP) is 0.853. The minimum atomic E-state index is -4.57. The minimum Gasteiger partial charge on any atom is -0.394 e. The third-order valence-electron chi connectivity index (χ3n) is 2.79. The van der Waals surface area contributed by atoms with Gasteiger partial charge in [0.2, 0.25) is 0 Å². The second kappa shape index (κ2) is 8.22. The lowest BCUT2D eigenvalue weighted by atomic mass is 10.0. The van der Waals surface area contributed by atoms with E-state index < -0.39 is 36.1 Å². The molecule has 0 aromatic carbocycles. The summed E-state index contributed by atoms with van der Waals surface area (Å²) in [6.45, 7) is 0.168. The number of aliphatic hydroxyl groups is 3. The second-order valence-electron chi connectivity index (χ2n) is 4.37. The van der Waals surface area contributed by atoms with Gasteiger partial charge < -0.3 is 20.1 Å². The van der Waals surface area contributed by atoms with Gasteiger partial charge in [-0.2, -0.15) is 13.2 Å². The number of alkyl halides is 3. The van der Waals surface area contributed by atoms with Gasteiger partial charge in [0.25, 0.3) is 5.88 Å². The first-order chi connectivity index (χ1) is 10.3. The van der Waals surface area contributed by atoms with E-state index in [1.54, 1.807) is 0 Å². The lowest BCUT2D eigenvalue weighted by molar-refractivity contribution is -0.147. The fraction of sp³-hybridized carbons (Fsp3) is 0.583. The van der Waals surface area contributed by atoms with E-state index in [9.17, 15) is 17.7 Å². The van der Waals surface area contributed by atoms with Crippen molar-refractivity contribution in [3.8, 4) is 5.88 Å². The molecule has 1 aliphatic rings. The number of halogens is 4. The zero-order chi connectivity index (χ0) is 16.8. The van der Waals surface area contributed by atoms with Gasteiger partial charge in [-0.1, -0.05) is 6.07 Å². The van der Waals surface area contributed by atoms with Crippen LogP contribution in [0.5, 0.6) is 5.88 Å². The summed E-state index contributed by atoms with van der Waals surface area (Å²) in [5.74, 6) is -0.704. The highest BCUT2D eigenvalue weighted by Gasteiger charge is 2.32. The summed E-state index contributed by atoms with van der Waals surface area (Å²) in [5.41, 5.74) is -1.18. The molecule has 2 rings (SSSR count). The number of nitrogens with zero attached hydrogens (tertiary/aromatic N) is 1. The van der Waals surface area contributed by atoms with Crippen LogP contribution in [-0.4, -0.2) is 51.8 Å². The van der Waals surface area contributed by atoms with Gasteiger partial charge in [-0.15, -0.1) is 0 Å². The Morgan fingerprint density at radius 1 is 1.32 bits per heavy atom. The molecule has 10 heteroatoms. The fourth-order valence-corrected chi connectivity index (χ4v) is 1.63. The second-order valence-corrected chi connectivity index (χ2v) is 4.37. The summed E-state index contributed by atoms with van der Waals surface area (Å²) in [7, 11) is 0. The Balaban J connectivity index is 0.000000224. The van der Waals surface area contributed by atoms with Crippen molar-refractivity contribution in [2.75, 3.05) is 13.2 Å². The molecule has 126 valence electrons. The molecule has 0 bridgehead atoms. The van der Waals surface area contributed by atoms with Crippen LogP contribution in [0.25, 0.3) is 0 Å². The molecule has 2 heterocycles. The van der Waals surface area contributed by atoms with Crippen molar-refractivity contribution in [2.24, 2.45) is 0 Å². The molecular weight excluding hydrogens is 314 g/mol. The number of pyridine rings is 1. The van der Waals surface area contributed by atoms with Crippen LogP contribution in [0.3, 0.4) is 0 Å². The quantitative estimate of drug-likeness (QED) is 0.697. The van der Waals surface area contributed by atoms with Crippen LogP contribution >= 0.6 is 0 Å². The minimum absolute atomic E-state index is 0.238. The third kappa shape index (κ3) is 5.37. The molecule has 3 atom stereocenters. The van der Waals surface area contributed by atoms with E-state index in [0.29, 0.717) is 13.0 Å². The summed E-state index contributed by atoms with van der Waals surface area (Å²) >= 11 is 0. The van der Waals surface area contributed by atoms with Gasteiger partial charge in [0.15, 0.2) is 0 Å². The zero-order valence-corrected chi connectivity index (χ0v) is 11.2. The van der Waals surface area contributed by atoms with Crippen LogP contribution in [0.15, 0.2) is 18.2 Å². The summed E-state index contributed by atoms with van der Waals surface area (Å²) in [6.07, 6.45) is -6.42. The highest BCUT2D eigenvalue weighted by molar-refractivity contribution is 5.17. The lowest BCUT2D eigenvalue weighted by Gasteiger charge is -2.30. The van der Waals surface area contributed by atoms with E-state index in [2.05, 4.69) is 9.93 Å². The van der Waals surface area contributed by atoms with Crippen molar-refractivity contribution in [1.29, 1.82) is 0 Å². The van der Waals surface area contributed by atoms with Crippen LogP contribution < -0.4 is 4.94 Å². The standard InChI is InChI=1S/C6H3F4NO.C6H12O4/c7-6(8,9)4-2-1-3-5(11-4)12-10;7-3-5-6(9)4(8)1-2-10-5/h1-3H;4-9H,1-3H2. The van der Waals surface area contributed by atoms with E-state index >= 15 is 0 Å². The Morgan fingerprint density at radius 3 is 2.50 bits per heavy atom. The van der Waals surface area contributed by atoms with Crippen LogP contribution in [0.4, 0.5) is 17.7 Å². The Labute approximate surface area is 122 Å². The van der Waals surface area contributed by atoms with E-state index in [0.717, 1.165) is 18.2 Å². The molecule has 1 aromatic rings. The Bertz CT molecular complexity index is 459. The number of rotatable bonds is 2. The van der Waals surface area contributed by atoms with Gasteiger partial charge in [0, 0.05) is 17.2 Å². The van der Waals surface area contributed by atoms with Crippen molar-refractivity contribution < 1.29 is 42.7 Å². The predicted molar refractivity (Wildman–Crippen MR) is 64.4 cm³/mol. The maximum atomic E-state index is 11.9. The average molecular weight is 329 g/mol. The van der Waals surface area contributed by atoms with E-state index in [-0.39, 0.29) is 6.61 Å². The summed E-state index contributed by atoms with van der Waals surface area (Å²) in [5, 5.41) is 26.7. The van der Waals surface area contributed by atoms with Gasteiger partial charge in [-0.25, -0.2) is 4.98 Å². The van der Waals surface area contributed by atoms with Gasteiger partial charge in [-0.05, 0) is 12.5 Å². The van der Waals surface area contributed by atoms with Crippen molar-refractivity contribution >= 4 is 0 Å². The number of hydrogen-bond acceptors (Lipinski definition) is 6. The molecule has 6 nitrogen and oxygen atoms in total. The third-order valence-corrected chi connectivity index (χ3v) is 2.79. The van der Waals surface area contributed by atoms with Crippen molar-refractivity contribution in [3.63, 3.8) is 0 Å².